The van der Waals surface area contributed by atoms with Gasteiger partial charge in [0.15, 0.2) is 0 Å². The molecular weight excluding hydrogens is 274 g/mol. The normalized spacial score (nSPS) is 10.4. The molecule has 1 aromatic carbocycles. The van der Waals surface area contributed by atoms with Crippen molar-refractivity contribution in [2.45, 2.75) is 39.0 Å². The molecule has 0 spiro atoms. The third-order valence-electron chi connectivity index (χ3n) is 3.09. The molecule has 0 N–H and O–H groups in total. The fourth-order valence-corrected chi connectivity index (χ4v) is 2.15. The fourth-order valence-electron chi connectivity index (χ4n) is 1.90. The minimum absolute atomic E-state index is 0.0962. The van der Waals surface area contributed by atoms with Crippen LogP contribution in [0.25, 0.3) is 0 Å². The number of benzene rings is 1. The van der Waals surface area contributed by atoms with Crippen LogP contribution < -0.4 is 4.74 Å². The van der Waals surface area contributed by atoms with Gasteiger partial charge in [0, 0.05) is 14.1 Å². The summed E-state index contributed by atoms with van der Waals surface area (Å²) in [5, 5.41) is 0.437. The second kappa shape index (κ2) is 8.85. The van der Waals surface area contributed by atoms with Crippen LogP contribution in [0.15, 0.2) is 18.2 Å². The number of hydrogen-bond donors (Lipinski definition) is 0. The highest BCUT2D eigenvalue weighted by atomic mass is 35.5. The molecule has 3 nitrogen and oxygen atoms in total. The van der Waals surface area contributed by atoms with E-state index in [1.165, 1.54) is 30.6 Å². The van der Waals surface area contributed by atoms with Crippen LogP contribution in [0.5, 0.6) is 5.75 Å². The molecule has 0 aromatic heterocycles. The van der Waals surface area contributed by atoms with E-state index in [0.717, 1.165) is 12.2 Å². The fraction of sp³-hybridized carbons (Fsp3) is 0.562. The van der Waals surface area contributed by atoms with Crippen molar-refractivity contribution < 1.29 is 9.53 Å². The smallest absolute Gasteiger partial charge is 0.254 e. The molecule has 1 aromatic rings. The molecule has 0 unspecified atom stereocenters. The van der Waals surface area contributed by atoms with Crippen molar-refractivity contribution in [3.63, 3.8) is 0 Å². The number of carbonyl (C=O) groups excluding carboxylic acids is 1. The van der Waals surface area contributed by atoms with Gasteiger partial charge in [-0.1, -0.05) is 44.2 Å². The van der Waals surface area contributed by atoms with Crippen molar-refractivity contribution in [3.8, 4) is 5.75 Å². The van der Waals surface area contributed by atoms with Gasteiger partial charge in [0.1, 0.15) is 5.75 Å². The standard InChI is InChI=1S/C16H24ClNO2/c1-4-5-6-7-8-11-20-13-9-10-14(15(17)12-13)16(19)18(2)3/h9-10,12H,4-8,11H2,1-3H3. The molecule has 0 radical (unpaired) electrons. The number of rotatable bonds is 8. The highest BCUT2D eigenvalue weighted by Gasteiger charge is 2.12. The lowest BCUT2D eigenvalue weighted by Gasteiger charge is -2.13. The van der Waals surface area contributed by atoms with Crippen LogP contribution in [0.3, 0.4) is 0 Å². The van der Waals surface area contributed by atoms with E-state index < -0.39 is 0 Å². The maximum Gasteiger partial charge on any atom is 0.254 e. The lowest BCUT2D eigenvalue weighted by atomic mass is 10.1. The third kappa shape index (κ3) is 5.41. The monoisotopic (exact) mass is 297 g/mol. The molecule has 0 heterocycles. The average Bonchev–Trinajstić information content (AvgIpc) is 2.42. The highest BCUT2D eigenvalue weighted by molar-refractivity contribution is 6.34. The molecule has 0 aliphatic rings. The lowest BCUT2D eigenvalue weighted by molar-refractivity contribution is 0.0827. The van der Waals surface area contributed by atoms with Crippen LogP contribution in [-0.2, 0) is 0 Å². The second-order valence-corrected chi connectivity index (χ2v) is 5.51. The van der Waals surface area contributed by atoms with E-state index in [-0.39, 0.29) is 5.91 Å². The molecule has 112 valence electrons. The number of unbranched alkanes of at least 4 members (excludes halogenated alkanes) is 4. The van der Waals surface area contributed by atoms with Gasteiger partial charge < -0.3 is 9.64 Å². The molecular formula is C16H24ClNO2. The van der Waals surface area contributed by atoms with Crippen LogP contribution >= 0.6 is 11.6 Å². The first-order valence-electron chi connectivity index (χ1n) is 7.20. The van der Waals surface area contributed by atoms with Gasteiger partial charge in [-0.05, 0) is 24.6 Å². The zero-order valence-corrected chi connectivity index (χ0v) is 13.4. The van der Waals surface area contributed by atoms with Crippen LogP contribution in [0.4, 0.5) is 0 Å². The Bertz CT molecular complexity index is 432. The lowest BCUT2D eigenvalue weighted by Crippen LogP contribution is -2.21. The minimum Gasteiger partial charge on any atom is -0.494 e. The van der Waals surface area contributed by atoms with E-state index in [1.54, 1.807) is 32.3 Å². The largest absolute Gasteiger partial charge is 0.494 e. The molecule has 0 bridgehead atoms. The van der Waals surface area contributed by atoms with Crippen molar-refractivity contribution in [1.82, 2.24) is 4.90 Å². The highest BCUT2D eigenvalue weighted by Crippen LogP contribution is 2.23. The maximum atomic E-state index is 11.8. The summed E-state index contributed by atoms with van der Waals surface area (Å²) in [7, 11) is 3.42. The predicted octanol–water partition coefficient (Wildman–Crippen LogP) is 4.39. The summed E-state index contributed by atoms with van der Waals surface area (Å²) in [4.78, 5) is 13.3. The first kappa shape index (κ1) is 16.8. The Morgan fingerprint density at radius 2 is 1.90 bits per heavy atom. The number of halogens is 1. The molecule has 0 aliphatic heterocycles. The summed E-state index contributed by atoms with van der Waals surface area (Å²) in [5.74, 6) is 0.627. The van der Waals surface area contributed by atoms with Crippen LogP contribution in [0, 0.1) is 0 Å². The number of amides is 1. The summed E-state index contributed by atoms with van der Waals surface area (Å²) in [6.45, 7) is 2.90. The van der Waals surface area contributed by atoms with Crippen molar-refractivity contribution in [2.24, 2.45) is 0 Å². The van der Waals surface area contributed by atoms with E-state index in [9.17, 15) is 4.79 Å². The van der Waals surface area contributed by atoms with Crippen molar-refractivity contribution >= 4 is 17.5 Å². The average molecular weight is 298 g/mol. The zero-order chi connectivity index (χ0) is 15.0. The van der Waals surface area contributed by atoms with Crippen molar-refractivity contribution in [3.05, 3.63) is 28.8 Å². The van der Waals surface area contributed by atoms with Gasteiger partial charge in [0.05, 0.1) is 17.2 Å². The molecule has 0 saturated heterocycles. The number of carbonyl (C=O) groups is 1. The molecule has 0 fully saturated rings. The number of hydrogen-bond acceptors (Lipinski definition) is 2. The first-order chi connectivity index (χ1) is 9.56. The van der Waals surface area contributed by atoms with E-state index in [2.05, 4.69) is 6.92 Å². The summed E-state index contributed by atoms with van der Waals surface area (Å²) >= 11 is 6.12. The summed E-state index contributed by atoms with van der Waals surface area (Å²) in [6, 6.07) is 5.23. The summed E-state index contributed by atoms with van der Waals surface area (Å²) in [5.41, 5.74) is 0.506. The Balaban J connectivity index is 2.45. The Morgan fingerprint density at radius 3 is 2.50 bits per heavy atom. The topological polar surface area (TPSA) is 29.5 Å². The van der Waals surface area contributed by atoms with E-state index in [0.29, 0.717) is 17.2 Å². The van der Waals surface area contributed by atoms with Crippen molar-refractivity contribution in [1.29, 1.82) is 0 Å². The molecule has 4 heteroatoms. The van der Waals surface area contributed by atoms with Gasteiger partial charge >= 0.3 is 0 Å². The molecule has 0 saturated carbocycles. The SMILES string of the molecule is CCCCCCCOc1ccc(C(=O)N(C)C)c(Cl)c1. The van der Waals surface area contributed by atoms with Crippen LogP contribution in [0.2, 0.25) is 5.02 Å². The Morgan fingerprint density at radius 1 is 1.20 bits per heavy atom. The molecule has 0 atom stereocenters. The Hall–Kier alpha value is -1.22. The van der Waals surface area contributed by atoms with Crippen LogP contribution in [-0.4, -0.2) is 31.5 Å². The van der Waals surface area contributed by atoms with Gasteiger partial charge in [-0.25, -0.2) is 0 Å². The van der Waals surface area contributed by atoms with Gasteiger partial charge in [0.2, 0.25) is 0 Å². The van der Waals surface area contributed by atoms with Gasteiger partial charge in [-0.15, -0.1) is 0 Å². The summed E-state index contributed by atoms with van der Waals surface area (Å²) < 4.78 is 5.65. The van der Waals surface area contributed by atoms with Gasteiger partial charge in [-0.2, -0.15) is 0 Å². The van der Waals surface area contributed by atoms with E-state index in [4.69, 9.17) is 16.3 Å². The quantitative estimate of drug-likeness (QED) is 0.666. The minimum atomic E-state index is -0.0962. The maximum absolute atomic E-state index is 11.8. The second-order valence-electron chi connectivity index (χ2n) is 5.10. The number of nitrogens with zero attached hydrogens (tertiary/aromatic N) is 1. The molecule has 1 rings (SSSR count). The Labute approximate surface area is 126 Å². The Kier molecular flexibility index (Phi) is 7.45. The summed E-state index contributed by atoms with van der Waals surface area (Å²) in [6.07, 6.45) is 6.04. The first-order valence-corrected chi connectivity index (χ1v) is 7.58. The molecule has 0 aliphatic carbocycles. The molecule has 20 heavy (non-hydrogen) atoms. The van der Waals surface area contributed by atoms with Gasteiger partial charge in [-0.3, -0.25) is 4.79 Å². The van der Waals surface area contributed by atoms with Crippen molar-refractivity contribution in [2.75, 3.05) is 20.7 Å². The molecule has 1 amide bonds. The number of ether oxygens (including phenoxy) is 1. The van der Waals surface area contributed by atoms with E-state index in [1.807, 2.05) is 0 Å². The predicted molar refractivity (Wildman–Crippen MR) is 83.7 cm³/mol. The van der Waals surface area contributed by atoms with Crippen LogP contribution in [0.1, 0.15) is 49.4 Å². The van der Waals surface area contributed by atoms with E-state index >= 15 is 0 Å². The zero-order valence-electron chi connectivity index (χ0n) is 12.6. The van der Waals surface area contributed by atoms with Gasteiger partial charge in [0.25, 0.3) is 5.91 Å². The third-order valence-corrected chi connectivity index (χ3v) is 3.41.